The Kier molecular flexibility index (Phi) is 22.8. The summed E-state index contributed by atoms with van der Waals surface area (Å²) in [6.45, 7) is 26.1. The van der Waals surface area contributed by atoms with Crippen LogP contribution in [0.3, 0.4) is 0 Å². The average molecular weight is 1160 g/mol. The number of rotatable bonds is 18. The van der Waals surface area contributed by atoms with Crippen LogP contribution in [0, 0.1) is 32.6 Å². The summed E-state index contributed by atoms with van der Waals surface area (Å²) in [6, 6.07) is 30.2. The second kappa shape index (κ2) is 28.0. The van der Waals surface area contributed by atoms with E-state index in [1.54, 1.807) is 24.3 Å². The normalized spacial score (nSPS) is 17.5. The number of cyclic esters (lactones) is 2. The molecule has 0 bridgehead atoms. The van der Waals surface area contributed by atoms with Crippen LogP contribution in [-0.4, -0.2) is 65.6 Å². The zero-order chi connectivity index (χ0) is 60.3. The van der Waals surface area contributed by atoms with Crippen molar-refractivity contribution in [1.82, 2.24) is 0 Å². The largest absolute Gasteiger partial charge is 0.511 e. The van der Waals surface area contributed by atoms with Crippen LogP contribution in [0.2, 0.25) is 0 Å². The van der Waals surface area contributed by atoms with E-state index < -0.39 is 32.0 Å². The summed E-state index contributed by atoms with van der Waals surface area (Å²) in [5.74, 6) is -0.648. The number of aliphatic hydroxyl groups is 4. The molecule has 2 heterocycles. The smallest absolute Gasteiger partial charge is 0.349 e. The first-order valence-corrected chi connectivity index (χ1v) is 31.1. The van der Waals surface area contributed by atoms with Gasteiger partial charge in [-0.15, -0.1) is 0 Å². The van der Waals surface area contributed by atoms with Gasteiger partial charge < -0.3 is 25.8 Å². The molecule has 0 unspecified atom stereocenters. The number of benzene rings is 5. The molecular formula is C64H83BN2O11S3. The minimum atomic E-state index is -3.50. The van der Waals surface area contributed by atoms with E-state index in [0.717, 1.165) is 102 Å². The first-order chi connectivity index (χ1) is 37.8. The molecule has 5 aromatic rings. The van der Waals surface area contributed by atoms with E-state index in [2.05, 4.69) is 26.1 Å². The molecule has 2 atom stereocenters. The number of anilines is 2. The van der Waals surface area contributed by atoms with Gasteiger partial charge in [0.1, 0.15) is 16.3 Å². The number of ether oxygens (including phenoxy) is 2. The monoisotopic (exact) mass is 1160 g/mol. The zero-order valence-corrected chi connectivity index (χ0v) is 51.8. The molecule has 436 valence electrons. The predicted octanol–water partition coefficient (Wildman–Crippen LogP) is 13.6. The van der Waals surface area contributed by atoms with Gasteiger partial charge in [-0.25, -0.2) is 13.2 Å². The van der Waals surface area contributed by atoms with Crippen LogP contribution in [0.1, 0.15) is 145 Å². The van der Waals surface area contributed by atoms with E-state index >= 15 is 0 Å². The fourth-order valence-corrected chi connectivity index (χ4v) is 14.0. The first-order valence-electron chi connectivity index (χ1n) is 27.4. The molecule has 0 aromatic heterocycles. The first kappa shape index (κ1) is 66.0. The van der Waals surface area contributed by atoms with Crippen LogP contribution < -0.4 is 11.1 Å². The number of nitrogens with two attached hydrogens (primary N) is 1. The number of aryl methyl sites for hydroxylation is 5. The molecule has 0 radical (unpaired) electrons. The van der Waals surface area contributed by atoms with Gasteiger partial charge >= 0.3 is 142 Å². The Morgan fingerprint density at radius 2 is 1.17 bits per heavy atom. The van der Waals surface area contributed by atoms with E-state index in [-0.39, 0.29) is 65.2 Å². The van der Waals surface area contributed by atoms with Gasteiger partial charge in [-0.2, -0.15) is 0 Å². The summed E-state index contributed by atoms with van der Waals surface area (Å²) >= 11 is 1.26. The van der Waals surface area contributed by atoms with Gasteiger partial charge in [0.05, 0.1) is 18.1 Å². The molecule has 7 rings (SSSR count). The van der Waals surface area contributed by atoms with Crippen LogP contribution in [-0.2, 0) is 69.5 Å². The van der Waals surface area contributed by atoms with E-state index in [0.29, 0.717) is 29.8 Å². The molecule has 0 aliphatic carbocycles. The minimum Gasteiger partial charge on any atom is -0.511 e. The molecule has 2 aliphatic rings. The molecule has 7 N–H and O–H groups in total. The van der Waals surface area contributed by atoms with Gasteiger partial charge in [0.15, 0.2) is 0 Å². The summed E-state index contributed by atoms with van der Waals surface area (Å²) in [4.78, 5) is 27.0. The number of carbonyl (C=O) groups is 2. The van der Waals surface area contributed by atoms with Crippen LogP contribution in [0.15, 0.2) is 134 Å². The molecule has 81 heavy (non-hydrogen) atoms. The molecular weight excluding hydrogens is 1080 g/mol. The Labute approximate surface area is 489 Å². The Morgan fingerprint density at radius 1 is 0.691 bits per heavy atom. The second-order valence-corrected chi connectivity index (χ2v) is 28.7. The third kappa shape index (κ3) is 17.8. The van der Waals surface area contributed by atoms with Crippen molar-refractivity contribution in [3.05, 3.63) is 170 Å². The number of nitrogen functional groups attached to an aromatic ring is 1. The van der Waals surface area contributed by atoms with E-state index in [9.17, 15) is 43.1 Å². The molecule has 17 heteroatoms. The fourth-order valence-electron chi connectivity index (χ4n) is 9.55. The minimum absolute atomic E-state index is 0.0372. The average Bonchev–Trinajstić information content (AvgIpc) is 3.52. The number of carbonyl (C=O) groups excluding carboxylic acids is 2. The van der Waals surface area contributed by atoms with Crippen molar-refractivity contribution in [3.63, 3.8) is 0 Å². The molecule has 13 nitrogen and oxygen atoms in total. The maximum Gasteiger partial charge on any atom is 0.349 e. The SMILES string of the molecule is CC(C)[C@]1(CCc2ccc(NCB=O)cc2)CC(O)=CC(=O)O1.Cc1cc(SC2=C(O)C[C@@](CCc3ccc(N)cc3)(C(C)C)OC2=O)c(C(C)(C)C)cc1CO.Cc1ccc(S(=O)(=O)Sc2cc(C)c(CO)cc2C(C)(C)C)cc1. The quantitative estimate of drug-likeness (QED) is 0.0208. The third-order valence-corrected chi connectivity index (χ3v) is 19.5. The molecule has 0 saturated carbocycles. The summed E-state index contributed by atoms with van der Waals surface area (Å²) in [7, 11) is -1.80. The Bertz CT molecular complexity index is 3180. The molecule has 5 aromatic carbocycles. The van der Waals surface area contributed by atoms with Crippen LogP contribution in [0.4, 0.5) is 11.4 Å². The van der Waals surface area contributed by atoms with Crippen molar-refractivity contribution in [2.75, 3.05) is 17.5 Å². The maximum atomic E-state index is 13.2. The maximum absolute atomic E-state index is 13.2. The number of nitrogens with one attached hydrogen (secondary N) is 1. The van der Waals surface area contributed by atoms with E-state index in [1.165, 1.54) is 11.8 Å². The van der Waals surface area contributed by atoms with Crippen molar-refractivity contribution >= 4 is 61.9 Å². The molecule has 0 fully saturated rings. The van der Waals surface area contributed by atoms with Crippen molar-refractivity contribution in [2.45, 2.75) is 178 Å². The second-order valence-electron chi connectivity index (χ2n) is 23.8. The van der Waals surface area contributed by atoms with Crippen molar-refractivity contribution < 1.29 is 52.6 Å². The number of aliphatic hydroxyl groups excluding tert-OH is 4. The van der Waals surface area contributed by atoms with Gasteiger partial charge in [-0.05, 0) is 126 Å². The topological polar surface area (TPSA) is 223 Å². The van der Waals surface area contributed by atoms with Crippen LogP contribution >= 0.6 is 22.6 Å². The summed E-state index contributed by atoms with van der Waals surface area (Å²) in [5.41, 5.74) is 14.3. The molecule has 0 spiro atoms. The number of esters is 2. The number of hydrogen-bond acceptors (Lipinski definition) is 15. The Balaban J connectivity index is 0.000000229. The van der Waals surface area contributed by atoms with E-state index in [4.69, 9.17) is 15.2 Å². The summed E-state index contributed by atoms with van der Waals surface area (Å²) in [6.07, 6.45) is 4.80. The molecule has 0 saturated heterocycles. The van der Waals surface area contributed by atoms with Crippen LogP contribution in [0.25, 0.3) is 0 Å². The van der Waals surface area contributed by atoms with Gasteiger partial charge in [-0.3, -0.25) is 0 Å². The van der Waals surface area contributed by atoms with E-state index in [1.807, 2.05) is 142 Å². The fraction of sp³-hybridized carbons (Fsp3) is 0.438. The third-order valence-electron chi connectivity index (χ3n) is 14.9. The summed E-state index contributed by atoms with van der Waals surface area (Å²) in [5, 5.41) is 43.1. The van der Waals surface area contributed by atoms with Crippen molar-refractivity contribution in [2.24, 2.45) is 11.8 Å². The standard InChI is InChI=1S/C28H37NO4S.C19H24O3S2.C17H22BNO4/c1-17(2)28(12-11-19-7-9-21(29)10-8-19)15-23(31)25(26(32)33-28)34-24-13-18(3)20(16-30)14-22(24)27(4,5)6;1-13-6-8-16(9-7-13)24(21,22)23-18-10-14(2)15(12-20)11-17(18)19(3,4)5;1-12(2)17(10-15(20)9-16(21)23-17)8-7-13-3-5-14(6-4-13)19-11-18-22/h7-10,13-14,17,30-31H,11-12,15-16,29H2,1-6H3;6-11,20H,12H2,1-5H3;3-6,9,12,19-20H,7-8,10-11H2,1-2H3/t28-;;17-/m0.0/s1. The van der Waals surface area contributed by atoms with Crippen molar-refractivity contribution in [3.8, 4) is 0 Å². The Hall–Kier alpha value is -5.85. The number of thioether (sulfide) groups is 1. The zero-order valence-electron chi connectivity index (χ0n) is 49.4. The Morgan fingerprint density at radius 3 is 1.63 bits per heavy atom. The summed E-state index contributed by atoms with van der Waals surface area (Å²) < 4.78 is 47.6. The van der Waals surface area contributed by atoms with Crippen LogP contribution in [0.5, 0.6) is 0 Å². The predicted molar refractivity (Wildman–Crippen MR) is 327 cm³/mol. The van der Waals surface area contributed by atoms with Gasteiger partial charge in [0, 0.05) is 32.7 Å². The molecule has 0 amide bonds. The number of hydrogen-bond donors (Lipinski definition) is 6. The van der Waals surface area contributed by atoms with Gasteiger partial charge in [0.2, 0.25) is 8.87 Å². The van der Waals surface area contributed by atoms with Gasteiger partial charge in [-0.1, -0.05) is 109 Å². The van der Waals surface area contributed by atoms with Gasteiger partial charge in [0.25, 0.3) is 0 Å². The van der Waals surface area contributed by atoms with Crippen molar-refractivity contribution in [1.29, 1.82) is 0 Å². The molecule has 2 aliphatic heterocycles.